The number of hydrogen-bond acceptors (Lipinski definition) is 3. The van der Waals surface area contributed by atoms with E-state index in [1.165, 1.54) is 0 Å². The first kappa shape index (κ1) is 10.8. The predicted octanol–water partition coefficient (Wildman–Crippen LogP) is 1.88. The fraction of sp³-hybridized carbons (Fsp3) is 0.143. The third-order valence-electron chi connectivity index (χ3n) is 3.02. The van der Waals surface area contributed by atoms with Gasteiger partial charge in [-0.05, 0) is 23.8 Å². The summed E-state index contributed by atoms with van der Waals surface area (Å²) >= 11 is 0. The van der Waals surface area contributed by atoms with Gasteiger partial charge in [0.05, 0.1) is 10.8 Å². The Bertz CT molecular complexity index is 699. The fourth-order valence-electron chi connectivity index (χ4n) is 2.17. The molecule has 0 unspecified atom stereocenters. The summed E-state index contributed by atoms with van der Waals surface area (Å²) in [4.78, 5) is 0. The number of rotatable bonds is 2. The van der Waals surface area contributed by atoms with E-state index in [0.717, 1.165) is 16.3 Å². The highest BCUT2D eigenvalue weighted by molar-refractivity contribution is 5.95. The van der Waals surface area contributed by atoms with Crippen molar-refractivity contribution in [1.29, 1.82) is 0 Å². The van der Waals surface area contributed by atoms with Crippen molar-refractivity contribution < 1.29 is 14.3 Å². The molecule has 0 bridgehead atoms. The van der Waals surface area contributed by atoms with Gasteiger partial charge in [0.1, 0.15) is 0 Å². The van der Waals surface area contributed by atoms with Crippen LogP contribution in [0.2, 0.25) is 0 Å². The van der Waals surface area contributed by atoms with Gasteiger partial charge in [0.15, 0.2) is 12.5 Å². The molecule has 0 aliphatic carbocycles. The van der Waals surface area contributed by atoms with Crippen LogP contribution in [0.4, 0.5) is 0 Å². The highest BCUT2D eigenvalue weighted by atomic mass is 16.6. The smallest absolute Gasteiger partial charge is 0.264 e. The van der Waals surface area contributed by atoms with Crippen LogP contribution in [0.5, 0.6) is 5.95 Å². The van der Waals surface area contributed by atoms with Gasteiger partial charge in [0, 0.05) is 0 Å². The minimum Gasteiger partial charge on any atom is -0.539 e. The molecule has 0 saturated carbocycles. The Labute approximate surface area is 104 Å². The summed E-state index contributed by atoms with van der Waals surface area (Å²) in [7, 11) is 0. The molecule has 18 heavy (non-hydrogen) atoms. The van der Waals surface area contributed by atoms with Gasteiger partial charge in [0.25, 0.3) is 5.69 Å². The van der Waals surface area contributed by atoms with Gasteiger partial charge in [-0.2, -0.15) is 0 Å². The minimum absolute atomic E-state index is 0.395. The molecule has 1 aromatic heterocycles. The van der Waals surface area contributed by atoms with Crippen LogP contribution >= 0.6 is 0 Å². The highest BCUT2D eigenvalue weighted by Gasteiger charge is 2.19. The van der Waals surface area contributed by atoms with Crippen molar-refractivity contribution in [2.24, 2.45) is 0 Å². The predicted molar refractivity (Wildman–Crippen MR) is 64.8 cm³/mol. The van der Waals surface area contributed by atoms with E-state index < -0.39 is 5.95 Å². The molecule has 1 heterocycles. The summed E-state index contributed by atoms with van der Waals surface area (Å²) in [5.41, 5.74) is 1.37. The van der Waals surface area contributed by atoms with Crippen LogP contribution in [-0.4, -0.2) is 5.27 Å². The van der Waals surface area contributed by atoms with E-state index >= 15 is 0 Å². The lowest BCUT2D eigenvalue weighted by atomic mass is 10.0. The Balaban J connectivity index is 2.35. The second-order valence-corrected chi connectivity index (χ2v) is 4.05. The molecule has 0 atom stereocenters. The zero-order chi connectivity index (χ0) is 12.5. The molecule has 4 heteroatoms. The topological polar surface area (TPSA) is 53.0 Å². The lowest BCUT2D eigenvalue weighted by Gasteiger charge is -2.03. The van der Waals surface area contributed by atoms with Crippen LogP contribution in [0.3, 0.4) is 0 Å². The third-order valence-corrected chi connectivity index (χ3v) is 3.02. The van der Waals surface area contributed by atoms with Crippen LogP contribution in [0.15, 0.2) is 47.0 Å². The van der Waals surface area contributed by atoms with E-state index in [1.54, 1.807) is 4.68 Å². The Kier molecular flexibility index (Phi) is 2.48. The number of benzene rings is 2. The van der Waals surface area contributed by atoms with E-state index in [4.69, 9.17) is 4.52 Å². The average molecular weight is 240 g/mol. The molecule has 0 aliphatic heterocycles. The van der Waals surface area contributed by atoms with Gasteiger partial charge < -0.3 is 9.63 Å². The summed E-state index contributed by atoms with van der Waals surface area (Å²) in [5.74, 6) is -0.395. The molecule has 0 amide bonds. The van der Waals surface area contributed by atoms with Crippen LogP contribution < -0.4 is 9.79 Å². The van der Waals surface area contributed by atoms with Crippen LogP contribution in [-0.2, 0) is 6.54 Å². The van der Waals surface area contributed by atoms with Gasteiger partial charge >= 0.3 is 0 Å². The van der Waals surface area contributed by atoms with Crippen molar-refractivity contribution in [3.63, 3.8) is 0 Å². The second-order valence-electron chi connectivity index (χ2n) is 4.05. The van der Waals surface area contributed by atoms with Crippen LogP contribution in [0, 0.1) is 0 Å². The maximum absolute atomic E-state index is 11.8. The molecule has 0 saturated heterocycles. The monoisotopic (exact) mass is 240 g/mol. The van der Waals surface area contributed by atoms with Crippen molar-refractivity contribution >= 4 is 10.8 Å². The SMILES string of the molecule is CC[n+]1noc([O-])c1-c1cccc2ccccc12. The van der Waals surface area contributed by atoms with Crippen molar-refractivity contribution in [2.45, 2.75) is 13.5 Å². The average Bonchev–Trinajstić information content (AvgIpc) is 2.79. The molecule has 90 valence electrons. The quantitative estimate of drug-likeness (QED) is 0.642. The van der Waals surface area contributed by atoms with E-state index in [0.29, 0.717) is 12.2 Å². The summed E-state index contributed by atoms with van der Waals surface area (Å²) in [6.07, 6.45) is 0. The number of fused-ring (bicyclic) bond motifs is 1. The zero-order valence-corrected chi connectivity index (χ0v) is 9.96. The zero-order valence-electron chi connectivity index (χ0n) is 9.96. The molecule has 2 aromatic carbocycles. The lowest BCUT2D eigenvalue weighted by molar-refractivity contribution is -0.749. The number of aryl methyl sites for hydroxylation is 1. The van der Waals surface area contributed by atoms with Gasteiger partial charge in [-0.1, -0.05) is 41.1 Å². The molecule has 0 fully saturated rings. The Hall–Kier alpha value is -2.36. The summed E-state index contributed by atoms with van der Waals surface area (Å²) in [6, 6.07) is 13.8. The van der Waals surface area contributed by atoms with E-state index in [-0.39, 0.29) is 0 Å². The van der Waals surface area contributed by atoms with E-state index in [1.807, 2.05) is 49.4 Å². The van der Waals surface area contributed by atoms with Crippen molar-refractivity contribution in [3.8, 4) is 17.2 Å². The molecule has 0 spiro atoms. The molecule has 3 rings (SSSR count). The largest absolute Gasteiger partial charge is 0.539 e. The highest BCUT2D eigenvalue weighted by Crippen LogP contribution is 2.30. The molecule has 0 radical (unpaired) electrons. The summed E-state index contributed by atoms with van der Waals surface area (Å²) in [5, 5.41) is 17.7. The Morgan fingerprint density at radius 3 is 2.78 bits per heavy atom. The normalized spacial score (nSPS) is 10.9. The van der Waals surface area contributed by atoms with Gasteiger partial charge in [-0.3, -0.25) is 0 Å². The summed E-state index contributed by atoms with van der Waals surface area (Å²) < 4.78 is 6.33. The molecule has 0 N–H and O–H groups in total. The van der Waals surface area contributed by atoms with E-state index in [2.05, 4.69) is 5.27 Å². The van der Waals surface area contributed by atoms with E-state index in [9.17, 15) is 5.11 Å². The molecular weight excluding hydrogens is 228 g/mol. The van der Waals surface area contributed by atoms with Crippen LogP contribution in [0.25, 0.3) is 22.0 Å². The molecule has 0 aliphatic rings. The van der Waals surface area contributed by atoms with Crippen molar-refractivity contribution in [2.75, 3.05) is 0 Å². The van der Waals surface area contributed by atoms with Gasteiger partial charge in [0.2, 0.25) is 0 Å². The summed E-state index contributed by atoms with van der Waals surface area (Å²) in [6.45, 7) is 2.53. The van der Waals surface area contributed by atoms with Crippen molar-refractivity contribution in [1.82, 2.24) is 5.27 Å². The fourth-order valence-corrected chi connectivity index (χ4v) is 2.17. The van der Waals surface area contributed by atoms with Crippen LogP contribution in [0.1, 0.15) is 6.92 Å². The number of hydrogen-bond donors (Lipinski definition) is 0. The maximum Gasteiger partial charge on any atom is 0.264 e. The van der Waals surface area contributed by atoms with Gasteiger partial charge in [-0.25, -0.2) is 0 Å². The van der Waals surface area contributed by atoms with Crippen molar-refractivity contribution in [3.05, 3.63) is 42.5 Å². The molecular formula is C14H12N2O2. The Morgan fingerprint density at radius 1 is 1.17 bits per heavy atom. The third kappa shape index (κ3) is 1.54. The van der Waals surface area contributed by atoms with Gasteiger partial charge in [-0.15, -0.1) is 0 Å². The minimum atomic E-state index is -0.395. The standard InChI is InChI=1S/C14H12N2O2/c1-2-16-13(14(17)18-15-16)12-9-5-7-10-6-3-4-8-11(10)12/h3-9H,2H2,1H3. The number of nitrogens with zero attached hydrogens (tertiary/aromatic N) is 2. The first-order valence-corrected chi connectivity index (χ1v) is 5.86. The maximum atomic E-state index is 11.8. The second kappa shape index (κ2) is 4.14. The molecule has 3 aromatic rings. The molecule has 4 nitrogen and oxygen atoms in total. The lowest BCUT2D eigenvalue weighted by Crippen LogP contribution is -2.36. The number of aromatic nitrogens is 2. The Morgan fingerprint density at radius 2 is 1.94 bits per heavy atom. The first-order chi connectivity index (χ1) is 8.81. The first-order valence-electron chi connectivity index (χ1n) is 5.86.